The Balaban J connectivity index is 2.12. The van der Waals surface area contributed by atoms with E-state index in [9.17, 15) is 0 Å². The Labute approximate surface area is 90.9 Å². The number of nitrogens with one attached hydrogen (secondary N) is 1. The second-order valence-electron chi connectivity index (χ2n) is 4.23. The molecule has 1 saturated heterocycles. The fourth-order valence-corrected chi connectivity index (χ4v) is 2.61. The Bertz CT molecular complexity index is 186. The number of thioether (sulfide) groups is 1. The minimum Gasteiger partial charge on any atom is -0.370 e. The van der Waals surface area contributed by atoms with Gasteiger partial charge in [-0.05, 0) is 29.8 Å². The van der Waals surface area contributed by atoms with Crippen molar-refractivity contribution in [3.63, 3.8) is 0 Å². The summed E-state index contributed by atoms with van der Waals surface area (Å²) in [5, 5.41) is 3.19. The first kappa shape index (κ1) is 11.7. The summed E-state index contributed by atoms with van der Waals surface area (Å²) in [5.41, 5.74) is 5.73. The summed E-state index contributed by atoms with van der Waals surface area (Å²) < 4.78 is 0. The lowest BCUT2D eigenvalue weighted by molar-refractivity contribution is 0.576. The van der Waals surface area contributed by atoms with E-state index in [4.69, 9.17) is 5.73 Å². The molecule has 3 N–H and O–H groups in total. The SMILES string of the molecule is CC(C)CN=C(N)NCC1CCSC1. The molecular formula is C10H21N3S. The number of aliphatic imine (C=N–C) groups is 1. The summed E-state index contributed by atoms with van der Waals surface area (Å²) in [6, 6.07) is 0. The van der Waals surface area contributed by atoms with Gasteiger partial charge in [-0.3, -0.25) is 4.99 Å². The molecule has 4 heteroatoms. The van der Waals surface area contributed by atoms with Crippen LogP contribution in [0.1, 0.15) is 20.3 Å². The Morgan fingerprint density at radius 3 is 3.00 bits per heavy atom. The Morgan fingerprint density at radius 1 is 1.64 bits per heavy atom. The van der Waals surface area contributed by atoms with Gasteiger partial charge in [0.15, 0.2) is 5.96 Å². The van der Waals surface area contributed by atoms with Crippen molar-refractivity contribution in [2.24, 2.45) is 22.6 Å². The molecule has 1 fully saturated rings. The number of rotatable bonds is 4. The molecule has 0 saturated carbocycles. The van der Waals surface area contributed by atoms with E-state index in [0.29, 0.717) is 11.9 Å². The zero-order valence-corrected chi connectivity index (χ0v) is 9.94. The van der Waals surface area contributed by atoms with E-state index in [1.807, 2.05) is 11.8 Å². The molecule has 1 heterocycles. The quantitative estimate of drug-likeness (QED) is 0.549. The molecule has 0 aliphatic carbocycles. The van der Waals surface area contributed by atoms with Gasteiger partial charge in [-0.1, -0.05) is 13.8 Å². The van der Waals surface area contributed by atoms with Crippen LogP contribution in [-0.2, 0) is 0 Å². The average Bonchev–Trinajstić information content (AvgIpc) is 2.63. The van der Waals surface area contributed by atoms with Gasteiger partial charge in [0.2, 0.25) is 0 Å². The molecule has 82 valence electrons. The van der Waals surface area contributed by atoms with Crippen molar-refractivity contribution in [1.29, 1.82) is 0 Å². The summed E-state index contributed by atoms with van der Waals surface area (Å²) in [7, 11) is 0. The van der Waals surface area contributed by atoms with Gasteiger partial charge < -0.3 is 11.1 Å². The number of guanidine groups is 1. The Morgan fingerprint density at radius 2 is 2.43 bits per heavy atom. The largest absolute Gasteiger partial charge is 0.370 e. The molecule has 0 aromatic heterocycles. The van der Waals surface area contributed by atoms with Gasteiger partial charge >= 0.3 is 0 Å². The van der Waals surface area contributed by atoms with Crippen molar-refractivity contribution in [3.8, 4) is 0 Å². The predicted molar refractivity (Wildman–Crippen MR) is 64.8 cm³/mol. The van der Waals surface area contributed by atoms with Crippen LogP contribution < -0.4 is 11.1 Å². The third-order valence-electron chi connectivity index (χ3n) is 2.22. The van der Waals surface area contributed by atoms with E-state index >= 15 is 0 Å². The van der Waals surface area contributed by atoms with Crippen LogP contribution in [0, 0.1) is 11.8 Å². The van der Waals surface area contributed by atoms with E-state index in [1.165, 1.54) is 17.9 Å². The van der Waals surface area contributed by atoms with Crippen molar-refractivity contribution < 1.29 is 0 Å². The van der Waals surface area contributed by atoms with Gasteiger partial charge in [-0.25, -0.2) is 0 Å². The Kier molecular flexibility index (Phi) is 5.15. The first-order valence-corrected chi connectivity index (χ1v) is 6.45. The summed E-state index contributed by atoms with van der Waals surface area (Å²) in [6.07, 6.45) is 1.31. The van der Waals surface area contributed by atoms with Crippen LogP contribution in [0.2, 0.25) is 0 Å². The lowest BCUT2D eigenvalue weighted by atomic mass is 10.1. The minimum absolute atomic E-state index is 0.581. The number of nitrogens with two attached hydrogens (primary N) is 1. The maximum Gasteiger partial charge on any atom is 0.188 e. The van der Waals surface area contributed by atoms with Crippen molar-refractivity contribution in [1.82, 2.24) is 5.32 Å². The van der Waals surface area contributed by atoms with Crippen LogP contribution in [0.5, 0.6) is 0 Å². The first-order valence-electron chi connectivity index (χ1n) is 5.30. The fourth-order valence-electron chi connectivity index (χ4n) is 1.33. The number of hydrogen-bond donors (Lipinski definition) is 2. The predicted octanol–water partition coefficient (Wildman–Crippen LogP) is 1.30. The molecule has 1 rings (SSSR count). The van der Waals surface area contributed by atoms with Crippen molar-refractivity contribution in [2.75, 3.05) is 24.6 Å². The normalized spacial score (nSPS) is 23.1. The third-order valence-corrected chi connectivity index (χ3v) is 3.45. The number of hydrogen-bond acceptors (Lipinski definition) is 2. The molecule has 0 aromatic carbocycles. The topological polar surface area (TPSA) is 50.4 Å². The van der Waals surface area contributed by atoms with Crippen molar-refractivity contribution in [3.05, 3.63) is 0 Å². The second kappa shape index (κ2) is 6.17. The highest BCUT2D eigenvalue weighted by molar-refractivity contribution is 7.99. The van der Waals surface area contributed by atoms with E-state index in [2.05, 4.69) is 24.2 Å². The van der Waals surface area contributed by atoms with Gasteiger partial charge in [-0.15, -0.1) is 0 Å². The summed E-state index contributed by atoms with van der Waals surface area (Å²) in [5.74, 6) is 4.54. The lowest BCUT2D eigenvalue weighted by Gasteiger charge is -2.10. The smallest absolute Gasteiger partial charge is 0.188 e. The molecule has 0 radical (unpaired) electrons. The number of nitrogens with zero attached hydrogens (tertiary/aromatic N) is 1. The van der Waals surface area contributed by atoms with Crippen LogP contribution in [-0.4, -0.2) is 30.6 Å². The zero-order chi connectivity index (χ0) is 10.4. The molecule has 0 amide bonds. The van der Waals surface area contributed by atoms with Crippen molar-refractivity contribution >= 4 is 17.7 Å². The van der Waals surface area contributed by atoms with E-state index in [0.717, 1.165) is 19.0 Å². The lowest BCUT2D eigenvalue weighted by Crippen LogP contribution is -2.35. The third kappa shape index (κ3) is 4.74. The molecule has 14 heavy (non-hydrogen) atoms. The van der Waals surface area contributed by atoms with E-state index in [-0.39, 0.29) is 0 Å². The zero-order valence-electron chi connectivity index (χ0n) is 9.12. The minimum atomic E-state index is 0.581. The fraction of sp³-hybridized carbons (Fsp3) is 0.900. The molecule has 0 aromatic rings. The first-order chi connectivity index (χ1) is 6.68. The highest BCUT2D eigenvalue weighted by Crippen LogP contribution is 2.22. The molecule has 0 bridgehead atoms. The second-order valence-corrected chi connectivity index (χ2v) is 5.38. The summed E-state index contributed by atoms with van der Waals surface area (Å²) >= 11 is 2.03. The summed E-state index contributed by atoms with van der Waals surface area (Å²) in [6.45, 7) is 6.09. The maximum absolute atomic E-state index is 5.73. The van der Waals surface area contributed by atoms with Gasteiger partial charge in [0.25, 0.3) is 0 Å². The summed E-state index contributed by atoms with van der Waals surface area (Å²) in [4.78, 5) is 4.26. The molecule has 1 aliphatic rings. The van der Waals surface area contributed by atoms with Gasteiger partial charge in [0.1, 0.15) is 0 Å². The molecule has 0 spiro atoms. The van der Waals surface area contributed by atoms with Crippen molar-refractivity contribution in [2.45, 2.75) is 20.3 Å². The monoisotopic (exact) mass is 215 g/mol. The molecule has 1 aliphatic heterocycles. The average molecular weight is 215 g/mol. The van der Waals surface area contributed by atoms with Crippen LogP contribution in [0.4, 0.5) is 0 Å². The molecule has 3 nitrogen and oxygen atoms in total. The van der Waals surface area contributed by atoms with Crippen LogP contribution in [0.15, 0.2) is 4.99 Å². The maximum atomic E-state index is 5.73. The van der Waals surface area contributed by atoms with E-state index < -0.39 is 0 Å². The standard InChI is InChI=1S/C10H21N3S/c1-8(2)5-12-10(11)13-6-9-3-4-14-7-9/h8-9H,3-7H2,1-2H3,(H3,11,12,13). The van der Waals surface area contributed by atoms with Gasteiger partial charge in [0.05, 0.1) is 0 Å². The molecule has 1 unspecified atom stereocenters. The molecule has 1 atom stereocenters. The highest BCUT2D eigenvalue weighted by Gasteiger charge is 2.14. The van der Waals surface area contributed by atoms with Gasteiger partial charge in [0, 0.05) is 13.1 Å². The van der Waals surface area contributed by atoms with Crippen LogP contribution >= 0.6 is 11.8 Å². The Hall–Kier alpha value is -0.380. The van der Waals surface area contributed by atoms with Crippen LogP contribution in [0.3, 0.4) is 0 Å². The highest BCUT2D eigenvalue weighted by atomic mass is 32.2. The van der Waals surface area contributed by atoms with E-state index in [1.54, 1.807) is 0 Å². The molecular weight excluding hydrogens is 194 g/mol. The van der Waals surface area contributed by atoms with Crippen LogP contribution in [0.25, 0.3) is 0 Å². The van der Waals surface area contributed by atoms with Gasteiger partial charge in [-0.2, -0.15) is 11.8 Å².